The molecule has 0 aliphatic carbocycles. The first-order valence-electron chi connectivity index (χ1n) is 8.73. The molecule has 0 atom stereocenters. The van der Waals surface area contributed by atoms with Gasteiger partial charge in [-0.2, -0.15) is 0 Å². The van der Waals surface area contributed by atoms with Crippen molar-refractivity contribution in [2.45, 2.75) is 20.3 Å². The number of aryl methyl sites for hydroxylation is 2. The summed E-state index contributed by atoms with van der Waals surface area (Å²) in [6.45, 7) is 6.46. The first kappa shape index (κ1) is 17.2. The lowest BCUT2D eigenvalue weighted by atomic mass is 10.0. The van der Waals surface area contributed by atoms with Gasteiger partial charge in [0, 0.05) is 31.7 Å². The number of carbonyl (C=O) groups excluding carboxylic acids is 2. The van der Waals surface area contributed by atoms with E-state index in [2.05, 4.69) is 18.2 Å². The van der Waals surface area contributed by atoms with E-state index < -0.39 is 0 Å². The average Bonchev–Trinajstić information content (AvgIpc) is 2.65. The van der Waals surface area contributed by atoms with E-state index >= 15 is 0 Å². The van der Waals surface area contributed by atoms with Gasteiger partial charge in [0.25, 0.3) is 5.91 Å². The van der Waals surface area contributed by atoms with E-state index in [0.717, 1.165) is 11.1 Å². The first-order valence-corrected chi connectivity index (χ1v) is 8.73. The first-order chi connectivity index (χ1) is 12.0. The van der Waals surface area contributed by atoms with Crippen LogP contribution in [0.15, 0.2) is 48.5 Å². The van der Waals surface area contributed by atoms with Crippen LogP contribution in [-0.2, 0) is 11.2 Å². The van der Waals surface area contributed by atoms with Crippen molar-refractivity contribution in [2.24, 2.45) is 0 Å². The lowest BCUT2D eigenvalue weighted by molar-refractivity contribution is -0.131. The molecule has 1 aliphatic rings. The molecule has 0 radical (unpaired) electrons. The minimum absolute atomic E-state index is 0.0437. The molecule has 0 N–H and O–H groups in total. The molecule has 0 saturated carbocycles. The third kappa shape index (κ3) is 4.08. The number of hydrogen-bond acceptors (Lipinski definition) is 2. The molecule has 4 nitrogen and oxygen atoms in total. The number of rotatable bonds is 3. The Morgan fingerprint density at radius 2 is 1.52 bits per heavy atom. The second-order valence-corrected chi connectivity index (χ2v) is 6.65. The number of amides is 2. The van der Waals surface area contributed by atoms with Crippen LogP contribution in [0, 0.1) is 13.8 Å². The fourth-order valence-electron chi connectivity index (χ4n) is 3.19. The number of hydrogen-bond donors (Lipinski definition) is 0. The van der Waals surface area contributed by atoms with E-state index in [4.69, 9.17) is 0 Å². The third-order valence-electron chi connectivity index (χ3n) is 4.79. The maximum Gasteiger partial charge on any atom is 0.253 e. The van der Waals surface area contributed by atoms with Crippen molar-refractivity contribution in [1.29, 1.82) is 0 Å². The maximum atomic E-state index is 12.6. The number of benzene rings is 2. The summed E-state index contributed by atoms with van der Waals surface area (Å²) in [6, 6.07) is 15.5. The van der Waals surface area contributed by atoms with Gasteiger partial charge in [-0.05, 0) is 37.1 Å². The predicted molar refractivity (Wildman–Crippen MR) is 98.5 cm³/mol. The largest absolute Gasteiger partial charge is 0.339 e. The topological polar surface area (TPSA) is 40.6 Å². The Bertz CT molecular complexity index is 763. The Morgan fingerprint density at radius 3 is 2.20 bits per heavy atom. The standard InChI is InChI=1S/C21H24N2O2/c1-16-8-9-17(2)19(14-16)15-20(24)22-10-12-23(13-11-22)21(25)18-6-4-3-5-7-18/h3-9,14H,10-13,15H2,1-2H3. The zero-order valence-corrected chi connectivity index (χ0v) is 14.9. The van der Waals surface area contributed by atoms with Crippen molar-refractivity contribution in [3.05, 3.63) is 70.8 Å². The lowest BCUT2D eigenvalue weighted by Crippen LogP contribution is -2.51. The average molecular weight is 336 g/mol. The monoisotopic (exact) mass is 336 g/mol. The molecule has 1 saturated heterocycles. The minimum atomic E-state index is 0.0437. The normalized spacial score (nSPS) is 14.5. The molecule has 1 aliphatic heterocycles. The molecule has 2 aromatic carbocycles. The van der Waals surface area contributed by atoms with E-state index in [-0.39, 0.29) is 11.8 Å². The van der Waals surface area contributed by atoms with Crippen molar-refractivity contribution in [3.8, 4) is 0 Å². The van der Waals surface area contributed by atoms with E-state index in [1.54, 1.807) is 0 Å². The van der Waals surface area contributed by atoms with Crippen LogP contribution in [0.4, 0.5) is 0 Å². The molecule has 1 fully saturated rings. The van der Waals surface area contributed by atoms with E-state index in [9.17, 15) is 9.59 Å². The molecule has 0 bridgehead atoms. The summed E-state index contributed by atoms with van der Waals surface area (Å²) in [4.78, 5) is 28.8. The Kier molecular flexibility index (Phi) is 5.17. The van der Waals surface area contributed by atoms with Crippen LogP contribution in [0.2, 0.25) is 0 Å². The SMILES string of the molecule is Cc1ccc(C)c(CC(=O)N2CCN(C(=O)c3ccccc3)CC2)c1. The molecule has 0 unspecified atom stereocenters. The predicted octanol–water partition coefficient (Wildman–Crippen LogP) is 2.83. The highest BCUT2D eigenvalue weighted by molar-refractivity contribution is 5.94. The Hall–Kier alpha value is -2.62. The fourth-order valence-corrected chi connectivity index (χ4v) is 3.19. The Morgan fingerprint density at radius 1 is 0.880 bits per heavy atom. The van der Waals surface area contributed by atoms with Crippen LogP contribution < -0.4 is 0 Å². The van der Waals surface area contributed by atoms with Crippen LogP contribution in [-0.4, -0.2) is 47.8 Å². The molecule has 25 heavy (non-hydrogen) atoms. The van der Waals surface area contributed by atoms with Gasteiger partial charge in [0.15, 0.2) is 0 Å². The smallest absolute Gasteiger partial charge is 0.253 e. The summed E-state index contributed by atoms with van der Waals surface area (Å²) >= 11 is 0. The molecule has 2 amide bonds. The third-order valence-corrected chi connectivity index (χ3v) is 4.79. The van der Waals surface area contributed by atoms with Gasteiger partial charge in [0.1, 0.15) is 0 Å². The van der Waals surface area contributed by atoms with E-state index in [0.29, 0.717) is 38.2 Å². The van der Waals surface area contributed by atoms with Gasteiger partial charge < -0.3 is 9.80 Å². The van der Waals surface area contributed by atoms with Crippen molar-refractivity contribution < 1.29 is 9.59 Å². The summed E-state index contributed by atoms with van der Waals surface area (Å²) in [7, 11) is 0. The Labute approximate surface area is 149 Å². The molecule has 0 aromatic heterocycles. The molecule has 2 aromatic rings. The van der Waals surface area contributed by atoms with Crippen molar-refractivity contribution in [2.75, 3.05) is 26.2 Å². The van der Waals surface area contributed by atoms with Gasteiger partial charge in [-0.25, -0.2) is 0 Å². The quantitative estimate of drug-likeness (QED) is 0.865. The minimum Gasteiger partial charge on any atom is -0.339 e. The highest BCUT2D eigenvalue weighted by Crippen LogP contribution is 2.14. The van der Waals surface area contributed by atoms with Crippen LogP contribution in [0.3, 0.4) is 0 Å². The number of nitrogens with zero attached hydrogens (tertiary/aromatic N) is 2. The zero-order valence-electron chi connectivity index (χ0n) is 14.9. The van der Waals surface area contributed by atoms with Crippen molar-refractivity contribution >= 4 is 11.8 Å². The summed E-state index contributed by atoms with van der Waals surface area (Å²) in [5, 5.41) is 0. The van der Waals surface area contributed by atoms with Gasteiger partial charge in [-0.3, -0.25) is 9.59 Å². The highest BCUT2D eigenvalue weighted by Gasteiger charge is 2.24. The molecule has 3 rings (SSSR count). The summed E-state index contributed by atoms with van der Waals surface area (Å²) < 4.78 is 0. The number of carbonyl (C=O) groups is 2. The van der Waals surface area contributed by atoms with Crippen molar-refractivity contribution in [3.63, 3.8) is 0 Å². The van der Waals surface area contributed by atoms with Gasteiger partial charge >= 0.3 is 0 Å². The summed E-state index contributed by atoms with van der Waals surface area (Å²) in [5.74, 6) is 0.183. The van der Waals surface area contributed by atoms with E-state index in [1.807, 2.05) is 54.0 Å². The molecule has 0 spiro atoms. The van der Waals surface area contributed by atoms with Crippen molar-refractivity contribution in [1.82, 2.24) is 9.80 Å². The van der Waals surface area contributed by atoms with Crippen LogP contribution in [0.25, 0.3) is 0 Å². The second kappa shape index (κ2) is 7.51. The number of piperazine rings is 1. The zero-order chi connectivity index (χ0) is 17.8. The Balaban J connectivity index is 1.57. The summed E-state index contributed by atoms with van der Waals surface area (Å²) in [6.07, 6.45) is 0.431. The fraction of sp³-hybridized carbons (Fsp3) is 0.333. The highest BCUT2D eigenvalue weighted by atomic mass is 16.2. The molecular formula is C21H24N2O2. The lowest BCUT2D eigenvalue weighted by Gasteiger charge is -2.35. The molecule has 4 heteroatoms. The van der Waals surface area contributed by atoms with Gasteiger partial charge in [-0.1, -0.05) is 42.0 Å². The molecule has 1 heterocycles. The molecule has 130 valence electrons. The van der Waals surface area contributed by atoms with Crippen LogP contribution in [0.5, 0.6) is 0 Å². The second-order valence-electron chi connectivity index (χ2n) is 6.65. The van der Waals surface area contributed by atoms with Gasteiger partial charge in [0.2, 0.25) is 5.91 Å². The molecular weight excluding hydrogens is 312 g/mol. The van der Waals surface area contributed by atoms with E-state index in [1.165, 1.54) is 5.56 Å². The van der Waals surface area contributed by atoms with Gasteiger partial charge in [0.05, 0.1) is 6.42 Å². The summed E-state index contributed by atoms with van der Waals surface area (Å²) in [5.41, 5.74) is 4.12. The van der Waals surface area contributed by atoms with Crippen LogP contribution >= 0.6 is 0 Å². The van der Waals surface area contributed by atoms with Crippen LogP contribution in [0.1, 0.15) is 27.0 Å². The van der Waals surface area contributed by atoms with Gasteiger partial charge in [-0.15, -0.1) is 0 Å². The maximum absolute atomic E-state index is 12.6.